The molecule has 0 aromatic carbocycles. The minimum atomic E-state index is -4.36. The molecule has 3 nitrogen and oxygen atoms in total. The van der Waals surface area contributed by atoms with E-state index in [4.69, 9.17) is 0 Å². The normalized spacial score (nSPS) is 12.2. The first kappa shape index (κ1) is 8.03. The lowest BCUT2D eigenvalue weighted by atomic mass is 10.2. The Morgan fingerprint density at radius 3 is 2.77 bits per heavy atom. The molecule has 0 fully saturated rings. The monoisotopic (exact) mass is 187 g/mol. The highest BCUT2D eigenvalue weighted by molar-refractivity contribution is 5.79. The lowest BCUT2D eigenvalue weighted by Gasteiger charge is -2.02. The van der Waals surface area contributed by atoms with Crippen molar-refractivity contribution in [2.24, 2.45) is 0 Å². The number of aromatic nitrogens is 3. The Balaban J connectivity index is 2.72. The second-order valence-electron chi connectivity index (χ2n) is 2.49. The van der Waals surface area contributed by atoms with Crippen LogP contribution in [0.5, 0.6) is 0 Å². The summed E-state index contributed by atoms with van der Waals surface area (Å²) in [6.45, 7) is 0. The van der Waals surface area contributed by atoms with Crippen LogP contribution in [0.25, 0.3) is 11.0 Å². The molecule has 2 rings (SSSR count). The van der Waals surface area contributed by atoms with Crippen LogP contribution in [0.1, 0.15) is 5.56 Å². The molecule has 0 bridgehead atoms. The van der Waals surface area contributed by atoms with Gasteiger partial charge in [0.05, 0.1) is 5.56 Å². The molecule has 0 aliphatic carbocycles. The third kappa shape index (κ3) is 1.24. The van der Waals surface area contributed by atoms with E-state index >= 15 is 0 Å². The van der Waals surface area contributed by atoms with Gasteiger partial charge in [0.25, 0.3) is 0 Å². The molecule has 2 aromatic rings. The fraction of sp³-hybridized carbons (Fsp3) is 0.143. The molecule has 0 aliphatic heterocycles. The van der Waals surface area contributed by atoms with Crippen molar-refractivity contribution in [2.45, 2.75) is 6.18 Å². The molecule has 6 heteroatoms. The van der Waals surface area contributed by atoms with Crippen molar-refractivity contribution in [3.63, 3.8) is 0 Å². The summed E-state index contributed by atoms with van der Waals surface area (Å²) in [6.07, 6.45) is -1.14. The number of aromatic amines is 1. The van der Waals surface area contributed by atoms with E-state index in [2.05, 4.69) is 15.0 Å². The maximum absolute atomic E-state index is 12.3. The number of halogens is 3. The molecular weight excluding hydrogens is 183 g/mol. The fourth-order valence-corrected chi connectivity index (χ4v) is 1.09. The number of hydrogen-bond donors (Lipinski definition) is 1. The van der Waals surface area contributed by atoms with Gasteiger partial charge in [-0.2, -0.15) is 13.2 Å². The van der Waals surface area contributed by atoms with Crippen LogP contribution < -0.4 is 0 Å². The molecule has 0 spiro atoms. The highest BCUT2D eigenvalue weighted by atomic mass is 19.4. The number of nitrogens with one attached hydrogen (secondary N) is 1. The fourth-order valence-electron chi connectivity index (χ4n) is 1.09. The van der Waals surface area contributed by atoms with Gasteiger partial charge in [-0.1, -0.05) is 0 Å². The Labute approximate surface area is 70.6 Å². The van der Waals surface area contributed by atoms with Gasteiger partial charge in [0.15, 0.2) is 0 Å². The van der Waals surface area contributed by atoms with Gasteiger partial charge in [-0.05, 0) is 0 Å². The minimum Gasteiger partial charge on any atom is -0.345 e. The predicted molar refractivity (Wildman–Crippen MR) is 38.9 cm³/mol. The lowest BCUT2D eigenvalue weighted by Crippen LogP contribution is -2.03. The van der Waals surface area contributed by atoms with Gasteiger partial charge < -0.3 is 4.98 Å². The summed E-state index contributed by atoms with van der Waals surface area (Å²) in [4.78, 5) is 9.60. The van der Waals surface area contributed by atoms with Gasteiger partial charge in [-0.25, -0.2) is 9.97 Å². The van der Waals surface area contributed by atoms with Crippen molar-refractivity contribution in [1.29, 1.82) is 0 Å². The van der Waals surface area contributed by atoms with Crippen molar-refractivity contribution < 1.29 is 13.2 Å². The smallest absolute Gasteiger partial charge is 0.345 e. The quantitative estimate of drug-likeness (QED) is 0.685. The Morgan fingerprint density at radius 2 is 2.08 bits per heavy atom. The zero-order valence-corrected chi connectivity index (χ0v) is 6.26. The Hall–Kier alpha value is -1.59. The molecule has 0 amide bonds. The van der Waals surface area contributed by atoms with E-state index in [1.54, 1.807) is 0 Å². The minimum absolute atomic E-state index is 0.00463. The molecule has 2 aromatic heterocycles. The molecule has 13 heavy (non-hydrogen) atoms. The molecule has 68 valence electrons. The summed E-state index contributed by atoms with van der Waals surface area (Å²) in [5, 5.41) is -0.00463. The van der Waals surface area contributed by atoms with Crippen molar-refractivity contribution >= 4 is 11.0 Å². The molecule has 0 atom stereocenters. The van der Waals surface area contributed by atoms with Gasteiger partial charge in [-0.3, -0.25) is 0 Å². The molecule has 0 saturated heterocycles. The second-order valence-corrected chi connectivity index (χ2v) is 2.49. The van der Waals surface area contributed by atoms with E-state index in [1.807, 2.05) is 0 Å². The van der Waals surface area contributed by atoms with Crippen LogP contribution in [0.4, 0.5) is 13.2 Å². The molecular formula is C7H4F3N3. The molecule has 2 heterocycles. The van der Waals surface area contributed by atoms with Crippen LogP contribution in [0.3, 0.4) is 0 Å². The van der Waals surface area contributed by atoms with Crippen LogP contribution in [0, 0.1) is 0 Å². The van der Waals surface area contributed by atoms with E-state index < -0.39 is 11.7 Å². The number of nitrogens with zero attached hydrogens (tertiary/aromatic N) is 2. The molecule has 0 aliphatic rings. The maximum Gasteiger partial charge on any atom is 0.418 e. The van der Waals surface area contributed by atoms with E-state index in [9.17, 15) is 13.2 Å². The first-order chi connectivity index (χ1) is 6.09. The lowest BCUT2D eigenvalue weighted by molar-refractivity contribution is -0.136. The number of H-pyrrole nitrogens is 1. The summed E-state index contributed by atoms with van der Waals surface area (Å²) in [6, 6.07) is 0. The van der Waals surface area contributed by atoms with E-state index in [-0.39, 0.29) is 11.0 Å². The molecule has 0 saturated carbocycles. The van der Waals surface area contributed by atoms with Gasteiger partial charge in [0, 0.05) is 17.8 Å². The van der Waals surface area contributed by atoms with Crippen molar-refractivity contribution in [2.75, 3.05) is 0 Å². The molecule has 0 radical (unpaired) electrons. The van der Waals surface area contributed by atoms with Crippen LogP contribution in [-0.2, 0) is 6.18 Å². The van der Waals surface area contributed by atoms with E-state index in [0.717, 1.165) is 12.4 Å². The first-order valence-electron chi connectivity index (χ1n) is 3.43. The second kappa shape index (κ2) is 2.45. The van der Waals surface area contributed by atoms with E-state index in [1.165, 1.54) is 6.33 Å². The zero-order chi connectivity index (χ0) is 9.47. The predicted octanol–water partition coefficient (Wildman–Crippen LogP) is 1.98. The van der Waals surface area contributed by atoms with Gasteiger partial charge >= 0.3 is 6.18 Å². The highest BCUT2D eigenvalue weighted by Crippen LogP contribution is 2.33. The summed E-state index contributed by atoms with van der Waals surface area (Å²) in [7, 11) is 0. The Bertz CT molecular complexity index is 432. The summed E-state index contributed by atoms with van der Waals surface area (Å²) in [5.41, 5.74) is -0.537. The summed E-state index contributed by atoms with van der Waals surface area (Å²) < 4.78 is 36.8. The number of alkyl halides is 3. The van der Waals surface area contributed by atoms with Crippen molar-refractivity contribution in [1.82, 2.24) is 15.0 Å². The number of fused-ring (bicyclic) bond motifs is 1. The van der Waals surface area contributed by atoms with Gasteiger partial charge in [-0.15, -0.1) is 0 Å². The van der Waals surface area contributed by atoms with Gasteiger partial charge in [0.2, 0.25) is 0 Å². The third-order valence-electron chi connectivity index (χ3n) is 1.66. The van der Waals surface area contributed by atoms with Crippen molar-refractivity contribution in [3.8, 4) is 0 Å². The van der Waals surface area contributed by atoms with E-state index in [0.29, 0.717) is 0 Å². The SMILES string of the molecule is FC(F)(F)c1c[nH]c2ncncc12. The Kier molecular flexibility index (Phi) is 1.51. The summed E-state index contributed by atoms with van der Waals surface area (Å²) >= 11 is 0. The van der Waals surface area contributed by atoms with Gasteiger partial charge in [0.1, 0.15) is 12.0 Å². The largest absolute Gasteiger partial charge is 0.418 e. The third-order valence-corrected chi connectivity index (χ3v) is 1.66. The number of hydrogen-bond acceptors (Lipinski definition) is 2. The van der Waals surface area contributed by atoms with Crippen LogP contribution in [-0.4, -0.2) is 15.0 Å². The molecule has 0 unspecified atom stereocenters. The Morgan fingerprint density at radius 1 is 1.31 bits per heavy atom. The average Bonchev–Trinajstić information content (AvgIpc) is 2.45. The number of rotatable bonds is 0. The average molecular weight is 187 g/mol. The topological polar surface area (TPSA) is 41.6 Å². The zero-order valence-electron chi connectivity index (χ0n) is 6.26. The molecule has 1 N–H and O–H groups in total. The van der Waals surface area contributed by atoms with Crippen molar-refractivity contribution in [3.05, 3.63) is 24.3 Å². The maximum atomic E-state index is 12.3. The standard InChI is InChI=1S/C7H4F3N3/c8-7(9,10)5-2-12-6-4(5)1-11-3-13-6/h1-3H,(H,11,12,13). The van der Waals surface area contributed by atoms with Crippen LogP contribution in [0.2, 0.25) is 0 Å². The van der Waals surface area contributed by atoms with Crippen LogP contribution >= 0.6 is 0 Å². The summed E-state index contributed by atoms with van der Waals surface area (Å²) in [5.74, 6) is 0. The first-order valence-corrected chi connectivity index (χ1v) is 3.43. The van der Waals surface area contributed by atoms with Crippen LogP contribution in [0.15, 0.2) is 18.7 Å². The highest BCUT2D eigenvalue weighted by Gasteiger charge is 2.33.